The smallest absolute Gasteiger partial charge is 0.331 e. The highest BCUT2D eigenvalue weighted by atomic mass is 16.4. The highest BCUT2D eigenvalue weighted by Gasteiger charge is 2.30. The number of pyridine rings is 1. The minimum atomic E-state index is -1.24. The van der Waals surface area contributed by atoms with Crippen LogP contribution in [0.1, 0.15) is 24.2 Å². The Morgan fingerprint density at radius 1 is 1.36 bits per heavy atom. The van der Waals surface area contributed by atoms with E-state index in [-0.39, 0.29) is 5.56 Å². The molecule has 0 aliphatic carbocycles. The molecular formula is C14H16N4O4. The Labute approximate surface area is 126 Å². The van der Waals surface area contributed by atoms with Gasteiger partial charge in [0.05, 0.1) is 11.9 Å². The second-order valence-corrected chi connectivity index (χ2v) is 5.33. The molecule has 8 nitrogen and oxygen atoms in total. The highest BCUT2D eigenvalue weighted by Crippen LogP contribution is 2.17. The van der Waals surface area contributed by atoms with Crippen molar-refractivity contribution in [1.29, 1.82) is 0 Å². The zero-order valence-electron chi connectivity index (χ0n) is 12.4. The predicted octanol–water partition coefficient (Wildman–Crippen LogP) is 0.654. The number of anilines is 1. The summed E-state index contributed by atoms with van der Waals surface area (Å²) >= 11 is 0. The van der Waals surface area contributed by atoms with Gasteiger partial charge in [-0.15, -0.1) is 0 Å². The van der Waals surface area contributed by atoms with Crippen LogP contribution in [0.2, 0.25) is 0 Å². The number of rotatable bonds is 4. The number of carboxylic acids is 1. The van der Waals surface area contributed by atoms with E-state index < -0.39 is 23.0 Å². The number of carboxylic acid groups (broad SMARTS) is 1. The van der Waals surface area contributed by atoms with Gasteiger partial charge in [0, 0.05) is 19.4 Å². The van der Waals surface area contributed by atoms with E-state index >= 15 is 0 Å². The first-order valence-electron chi connectivity index (χ1n) is 6.49. The number of hydrogen-bond acceptors (Lipinski definition) is 4. The van der Waals surface area contributed by atoms with Gasteiger partial charge >= 0.3 is 5.97 Å². The third kappa shape index (κ3) is 2.76. The van der Waals surface area contributed by atoms with Gasteiger partial charge in [-0.3, -0.25) is 14.3 Å². The normalized spacial score (nSPS) is 11.2. The largest absolute Gasteiger partial charge is 0.479 e. The van der Waals surface area contributed by atoms with Gasteiger partial charge in [0.1, 0.15) is 5.56 Å². The van der Waals surface area contributed by atoms with Crippen molar-refractivity contribution in [3.05, 3.63) is 46.6 Å². The van der Waals surface area contributed by atoms with E-state index in [1.165, 1.54) is 41.6 Å². The quantitative estimate of drug-likeness (QED) is 0.862. The van der Waals surface area contributed by atoms with Gasteiger partial charge in [-0.2, -0.15) is 5.10 Å². The van der Waals surface area contributed by atoms with Crippen molar-refractivity contribution in [3.63, 3.8) is 0 Å². The first kappa shape index (κ1) is 15.5. The lowest BCUT2D eigenvalue weighted by Gasteiger charge is -2.19. The van der Waals surface area contributed by atoms with Gasteiger partial charge in [0.15, 0.2) is 5.54 Å². The van der Waals surface area contributed by atoms with Gasteiger partial charge in [0.25, 0.3) is 11.5 Å². The van der Waals surface area contributed by atoms with Crippen LogP contribution in [-0.2, 0) is 17.4 Å². The average Bonchev–Trinajstić information content (AvgIpc) is 2.90. The minimum absolute atomic E-state index is 0.00440. The van der Waals surface area contributed by atoms with Crippen molar-refractivity contribution < 1.29 is 14.7 Å². The molecule has 0 atom stereocenters. The lowest BCUT2D eigenvalue weighted by Crippen LogP contribution is -2.35. The monoisotopic (exact) mass is 304 g/mol. The predicted molar refractivity (Wildman–Crippen MR) is 78.8 cm³/mol. The number of aryl methyl sites for hydroxylation is 1. The molecule has 8 heteroatoms. The molecule has 22 heavy (non-hydrogen) atoms. The molecule has 0 radical (unpaired) electrons. The minimum Gasteiger partial charge on any atom is -0.479 e. The van der Waals surface area contributed by atoms with E-state index in [2.05, 4.69) is 10.4 Å². The fourth-order valence-electron chi connectivity index (χ4n) is 1.76. The number of aromatic nitrogens is 3. The van der Waals surface area contributed by atoms with Crippen LogP contribution in [0.4, 0.5) is 5.69 Å². The van der Waals surface area contributed by atoms with E-state index in [1.807, 2.05) is 0 Å². The van der Waals surface area contributed by atoms with Gasteiger partial charge < -0.3 is 15.0 Å². The SMILES string of the molecule is Cn1cccc(C(=O)Nc2cnn(C(C)(C)C(=O)O)c2)c1=O. The van der Waals surface area contributed by atoms with Crippen molar-refractivity contribution in [3.8, 4) is 0 Å². The number of hydrogen-bond donors (Lipinski definition) is 2. The molecule has 0 fully saturated rings. The van der Waals surface area contributed by atoms with Crippen LogP contribution in [0.3, 0.4) is 0 Å². The van der Waals surface area contributed by atoms with E-state index in [0.29, 0.717) is 5.69 Å². The Morgan fingerprint density at radius 2 is 2.05 bits per heavy atom. The summed E-state index contributed by atoms with van der Waals surface area (Å²) < 4.78 is 2.53. The molecular weight excluding hydrogens is 288 g/mol. The maximum atomic E-state index is 12.1. The number of nitrogens with one attached hydrogen (secondary N) is 1. The fraction of sp³-hybridized carbons (Fsp3) is 0.286. The van der Waals surface area contributed by atoms with Crippen LogP contribution >= 0.6 is 0 Å². The molecule has 2 heterocycles. The van der Waals surface area contributed by atoms with Crippen molar-refractivity contribution >= 4 is 17.6 Å². The summed E-state index contributed by atoms with van der Waals surface area (Å²) in [7, 11) is 1.55. The van der Waals surface area contributed by atoms with Crippen LogP contribution in [0.5, 0.6) is 0 Å². The molecule has 0 aliphatic rings. The molecule has 0 spiro atoms. The molecule has 2 rings (SSSR count). The van der Waals surface area contributed by atoms with Crippen molar-refractivity contribution in [2.45, 2.75) is 19.4 Å². The zero-order chi connectivity index (χ0) is 16.5. The van der Waals surface area contributed by atoms with Gasteiger partial charge in [-0.25, -0.2) is 4.79 Å². The van der Waals surface area contributed by atoms with Crippen LogP contribution in [0.15, 0.2) is 35.5 Å². The van der Waals surface area contributed by atoms with E-state index in [1.54, 1.807) is 19.3 Å². The van der Waals surface area contributed by atoms with Crippen LogP contribution < -0.4 is 10.9 Å². The van der Waals surface area contributed by atoms with Crippen LogP contribution in [0.25, 0.3) is 0 Å². The summed E-state index contributed by atoms with van der Waals surface area (Å²) in [4.78, 5) is 35.1. The van der Waals surface area contributed by atoms with Gasteiger partial charge in [-0.1, -0.05) is 0 Å². The maximum Gasteiger partial charge on any atom is 0.331 e. The second-order valence-electron chi connectivity index (χ2n) is 5.33. The molecule has 0 unspecified atom stereocenters. The first-order chi connectivity index (χ1) is 10.2. The highest BCUT2D eigenvalue weighted by molar-refractivity contribution is 6.03. The van der Waals surface area contributed by atoms with Crippen molar-refractivity contribution in [1.82, 2.24) is 14.3 Å². The Bertz CT molecular complexity index is 788. The molecule has 1 amide bonds. The molecule has 2 aromatic heterocycles. The number of aliphatic carboxylic acids is 1. The lowest BCUT2D eigenvalue weighted by atomic mass is 10.1. The summed E-state index contributed by atoms with van der Waals surface area (Å²) in [5.41, 5.74) is -1.36. The zero-order valence-corrected chi connectivity index (χ0v) is 12.4. The molecule has 2 aromatic rings. The van der Waals surface area contributed by atoms with Gasteiger partial charge in [-0.05, 0) is 26.0 Å². The van der Waals surface area contributed by atoms with Crippen molar-refractivity contribution in [2.24, 2.45) is 7.05 Å². The maximum absolute atomic E-state index is 12.1. The number of nitrogens with zero attached hydrogens (tertiary/aromatic N) is 3. The molecule has 0 aromatic carbocycles. The summed E-state index contributed by atoms with van der Waals surface area (Å²) in [6.45, 7) is 2.97. The summed E-state index contributed by atoms with van der Waals surface area (Å²) in [6.07, 6.45) is 4.28. The third-order valence-electron chi connectivity index (χ3n) is 3.30. The van der Waals surface area contributed by atoms with Gasteiger partial charge in [0.2, 0.25) is 0 Å². The van der Waals surface area contributed by atoms with E-state index in [9.17, 15) is 14.4 Å². The molecule has 0 aliphatic heterocycles. The average molecular weight is 304 g/mol. The summed E-state index contributed by atoms with van der Waals surface area (Å²) in [5.74, 6) is -1.63. The molecule has 2 N–H and O–H groups in total. The van der Waals surface area contributed by atoms with E-state index in [4.69, 9.17) is 5.11 Å². The molecule has 0 saturated carbocycles. The summed E-state index contributed by atoms with van der Waals surface area (Å²) in [5, 5.41) is 15.6. The Balaban J connectivity index is 2.24. The Morgan fingerprint density at radius 3 is 2.68 bits per heavy atom. The standard InChI is InChI=1S/C14H16N4O4/c1-14(2,13(21)22)18-8-9(7-15-18)16-11(19)10-5-4-6-17(3)12(10)20/h4-8H,1-3H3,(H,16,19)(H,21,22). The Hall–Kier alpha value is -2.90. The Kier molecular flexibility index (Phi) is 3.85. The number of carbonyl (C=O) groups is 2. The lowest BCUT2D eigenvalue weighted by molar-refractivity contribution is -0.146. The van der Waals surface area contributed by atoms with Crippen molar-refractivity contribution in [2.75, 3.05) is 5.32 Å². The fourth-order valence-corrected chi connectivity index (χ4v) is 1.76. The van der Waals surface area contributed by atoms with E-state index in [0.717, 1.165) is 0 Å². The summed E-state index contributed by atoms with van der Waals surface area (Å²) in [6, 6.07) is 3.01. The topological polar surface area (TPSA) is 106 Å². The second kappa shape index (κ2) is 5.47. The molecule has 116 valence electrons. The molecule has 0 bridgehead atoms. The van der Waals surface area contributed by atoms with Crippen LogP contribution in [-0.4, -0.2) is 31.3 Å². The third-order valence-corrected chi connectivity index (χ3v) is 3.30. The number of carbonyl (C=O) groups excluding carboxylic acids is 1. The molecule has 0 saturated heterocycles. The first-order valence-corrected chi connectivity index (χ1v) is 6.49. The van der Waals surface area contributed by atoms with Crippen LogP contribution in [0, 0.1) is 0 Å². The number of amides is 1.